The van der Waals surface area contributed by atoms with Crippen molar-refractivity contribution < 1.29 is 9.18 Å². The number of carbonyl (C=O) groups is 1. The number of hydrogen-bond acceptors (Lipinski definition) is 3. The zero-order chi connectivity index (χ0) is 17.8. The van der Waals surface area contributed by atoms with Crippen LogP contribution in [-0.2, 0) is 23.6 Å². The first-order chi connectivity index (χ1) is 12.1. The van der Waals surface area contributed by atoms with Gasteiger partial charge in [0, 0.05) is 6.54 Å². The number of fused-ring (bicyclic) bond motifs is 1. The fraction of sp³-hybridized carbons (Fsp3) is 0.263. The van der Waals surface area contributed by atoms with E-state index >= 15 is 0 Å². The number of benzene rings is 2. The monoisotopic (exact) mass is 357 g/mol. The number of amides is 1. The third kappa shape index (κ3) is 4.02. The van der Waals surface area contributed by atoms with Gasteiger partial charge in [-0.3, -0.25) is 4.79 Å². The standard InChI is InChI=1S/C19H20FN3OS/c1-13-7-8-14(9-15(13)20)10-21-19(24)11-23-17-6-4-3-5-16(17)22-18(23)12-25-2/h3-9H,10-12H2,1-2H3,(H,21,24). The highest BCUT2D eigenvalue weighted by Crippen LogP contribution is 2.19. The molecular weight excluding hydrogens is 337 g/mol. The van der Waals surface area contributed by atoms with Gasteiger partial charge in [-0.2, -0.15) is 11.8 Å². The molecule has 0 spiro atoms. The SMILES string of the molecule is CSCc1nc2ccccc2n1CC(=O)NCc1ccc(C)c(F)c1. The van der Waals surface area contributed by atoms with Crippen LogP contribution < -0.4 is 5.32 Å². The number of thioether (sulfide) groups is 1. The highest BCUT2D eigenvalue weighted by atomic mass is 32.2. The van der Waals surface area contributed by atoms with E-state index in [2.05, 4.69) is 10.3 Å². The summed E-state index contributed by atoms with van der Waals surface area (Å²) in [6.07, 6.45) is 2.01. The van der Waals surface area contributed by atoms with Gasteiger partial charge in [0.2, 0.25) is 5.91 Å². The van der Waals surface area contributed by atoms with Gasteiger partial charge in [0.1, 0.15) is 18.2 Å². The molecule has 0 bridgehead atoms. The molecule has 1 heterocycles. The summed E-state index contributed by atoms with van der Waals surface area (Å²) in [5, 5.41) is 2.86. The molecule has 6 heteroatoms. The second-order valence-electron chi connectivity index (χ2n) is 5.90. The van der Waals surface area contributed by atoms with E-state index in [9.17, 15) is 9.18 Å². The van der Waals surface area contributed by atoms with Crippen molar-refractivity contribution in [1.82, 2.24) is 14.9 Å². The summed E-state index contributed by atoms with van der Waals surface area (Å²) < 4.78 is 15.5. The summed E-state index contributed by atoms with van der Waals surface area (Å²) in [6, 6.07) is 12.8. The Bertz CT molecular complexity index is 907. The van der Waals surface area contributed by atoms with Crippen LogP contribution >= 0.6 is 11.8 Å². The lowest BCUT2D eigenvalue weighted by Gasteiger charge is -2.10. The van der Waals surface area contributed by atoms with Gasteiger partial charge in [-0.1, -0.05) is 24.3 Å². The first kappa shape index (κ1) is 17.5. The van der Waals surface area contributed by atoms with E-state index in [4.69, 9.17) is 0 Å². The van der Waals surface area contributed by atoms with E-state index < -0.39 is 0 Å². The zero-order valence-corrected chi connectivity index (χ0v) is 15.1. The summed E-state index contributed by atoms with van der Waals surface area (Å²) in [4.78, 5) is 17.0. The largest absolute Gasteiger partial charge is 0.350 e. The lowest BCUT2D eigenvalue weighted by atomic mass is 10.1. The Labute approximate surface area is 150 Å². The Hall–Kier alpha value is -2.34. The molecule has 3 rings (SSSR count). The Morgan fingerprint density at radius 2 is 2.08 bits per heavy atom. The maximum atomic E-state index is 13.6. The van der Waals surface area contributed by atoms with Crippen LogP contribution in [0.5, 0.6) is 0 Å². The van der Waals surface area contributed by atoms with E-state index in [0.717, 1.165) is 28.2 Å². The molecule has 25 heavy (non-hydrogen) atoms. The first-order valence-electron chi connectivity index (χ1n) is 8.03. The van der Waals surface area contributed by atoms with Crippen LogP contribution in [0.2, 0.25) is 0 Å². The average Bonchev–Trinajstić information content (AvgIpc) is 2.94. The molecule has 1 N–H and O–H groups in total. The molecule has 3 aromatic rings. The quantitative estimate of drug-likeness (QED) is 0.732. The van der Waals surface area contributed by atoms with Crippen LogP contribution in [0.15, 0.2) is 42.5 Å². The second-order valence-corrected chi connectivity index (χ2v) is 6.76. The van der Waals surface area contributed by atoms with Crippen molar-refractivity contribution in [2.45, 2.75) is 25.8 Å². The highest BCUT2D eigenvalue weighted by Gasteiger charge is 2.13. The van der Waals surface area contributed by atoms with Crippen LogP contribution in [0, 0.1) is 12.7 Å². The first-order valence-corrected chi connectivity index (χ1v) is 9.42. The predicted octanol–water partition coefficient (Wildman–Crippen LogP) is 3.66. The van der Waals surface area contributed by atoms with Crippen molar-refractivity contribution in [1.29, 1.82) is 0 Å². The molecule has 0 fully saturated rings. The number of nitrogens with zero attached hydrogens (tertiary/aromatic N) is 2. The summed E-state index contributed by atoms with van der Waals surface area (Å²) in [7, 11) is 0. The van der Waals surface area contributed by atoms with Gasteiger partial charge in [0.25, 0.3) is 0 Å². The van der Waals surface area contributed by atoms with Crippen molar-refractivity contribution >= 4 is 28.7 Å². The van der Waals surface area contributed by atoms with E-state index in [1.165, 1.54) is 6.07 Å². The molecule has 130 valence electrons. The summed E-state index contributed by atoms with van der Waals surface area (Å²) in [5.41, 5.74) is 3.18. The van der Waals surface area contributed by atoms with Crippen molar-refractivity contribution in [3.8, 4) is 0 Å². The fourth-order valence-corrected chi connectivity index (χ4v) is 3.17. The molecule has 0 radical (unpaired) electrons. The number of rotatable bonds is 6. The number of aromatic nitrogens is 2. The van der Waals surface area contributed by atoms with Crippen LogP contribution in [0.25, 0.3) is 11.0 Å². The fourth-order valence-electron chi connectivity index (χ4n) is 2.69. The van der Waals surface area contributed by atoms with Gasteiger partial charge < -0.3 is 9.88 Å². The maximum Gasteiger partial charge on any atom is 0.240 e. The lowest BCUT2D eigenvalue weighted by Crippen LogP contribution is -2.27. The number of carbonyl (C=O) groups excluding carboxylic acids is 1. The predicted molar refractivity (Wildman–Crippen MR) is 99.9 cm³/mol. The summed E-state index contributed by atoms with van der Waals surface area (Å²) in [6.45, 7) is 2.22. The smallest absolute Gasteiger partial charge is 0.240 e. The van der Waals surface area contributed by atoms with Crippen LogP contribution in [0.4, 0.5) is 4.39 Å². The normalized spacial score (nSPS) is 11.0. The summed E-state index contributed by atoms with van der Waals surface area (Å²) in [5.74, 6) is 1.25. The van der Waals surface area contributed by atoms with Crippen molar-refractivity contribution in [2.24, 2.45) is 0 Å². The van der Waals surface area contributed by atoms with Crippen LogP contribution in [0.3, 0.4) is 0 Å². The summed E-state index contributed by atoms with van der Waals surface area (Å²) >= 11 is 1.67. The highest BCUT2D eigenvalue weighted by molar-refractivity contribution is 7.97. The Kier molecular flexibility index (Phi) is 5.38. The molecule has 4 nitrogen and oxygen atoms in total. The molecule has 0 aliphatic rings. The van der Waals surface area contributed by atoms with E-state index in [-0.39, 0.29) is 18.3 Å². The minimum Gasteiger partial charge on any atom is -0.350 e. The topological polar surface area (TPSA) is 46.9 Å². The molecule has 0 saturated heterocycles. The van der Waals surface area contributed by atoms with Gasteiger partial charge in [0.05, 0.1) is 16.8 Å². The second kappa shape index (κ2) is 7.70. The molecular formula is C19H20FN3OS. The number of nitrogens with one attached hydrogen (secondary N) is 1. The Morgan fingerprint density at radius 1 is 1.28 bits per heavy atom. The molecule has 0 atom stereocenters. The van der Waals surface area contributed by atoms with Crippen molar-refractivity contribution in [2.75, 3.05) is 6.26 Å². The van der Waals surface area contributed by atoms with Crippen LogP contribution in [-0.4, -0.2) is 21.7 Å². The third-order valence-corrected chi connectivity index (χ3v) is 4.58. The van der Waals surface area contributed by atoms with E-state index in [0.29, 0.717) is 12.1 Å². The number of halogens is 1. The van der Waals surface area contributed by atoms with Gasteiger partial charge in [-0.25, -0.2) is 9.37 Å². The van der Waals surface area contributed by atoms with Crippen molar-refractivity contribution in [3.05, 3.63) is 65.2 Å². The van der Waals surface area contributed by atoms with Crippen LogP contribution in [0.1, 0.15) is 17.0 Å². The maximum absolute atomic E-state index is 13.6. The van der Waals surface area contributed by atoms with E-state index in [1.54, 1.807) is 24.8 Å². The minimum absolute atomic E-state index is 0.119. The van der Waals surface area contributed by atoms with Gasteiger partial charge in [-0.15, -0.1) is 0 Å². The molecule has 0 aliphatic carbocycles. The van der Waals surface area contributed by atoms with Gasteiger partial charge in [0.15, 0.2) is 0 Å². The Balaban J connectivity index is 1.73. The Morgan fingerprint density at radius 3 is 2.84 bits per heavy atom. The third-order valence-electron chi connectivity index (χ3n) is 4.03. The number of aryl methyl sites for hydroxylation is 1. The molecule has 0 aliphatic heterocycles. The number of hydrogen-bond donors (Lipinski definition) is 1. The minimum atomic E-state index is -0.255. The van der Waals surface area contributed by atoms with Crippen molar-refractivity contribution in [3.63, 3.8) is 0 Å². The van der Waals surface area contributed by atoms with E-state index in [1.807, 2.05) is 41.2 Å². The molecule has 1 aromatic heterocycles. The lowest BCUT2D eigenvalue weighted by molar-refractivity contribution is -0.121. The van der Waals surface area contributed by atoms with Gasteiger partial charge >= 0.3 is 0 Å². The molecule has 1 amide bonds. The average molecular weight is 357 g/mol. The molecule has 0 unspecified atom stereocenters. The number of para-hydroxylation sites is 2. The number of imidazole rings is 1. The zero-order valence-electron chi connectivity index (χ0n) is 14.3. The van der Waals surface area contributed by atoms with Gasteiger partial charge in [-0.05, 0) is 42.5 Å². The molecule has 0 saturated carbocycles. The molecule has 2 aromatic carbocycles.